The van der Waals surface area contributed by atoms with Crippen LogP contribution in [0.1, 0.15) is 36.1 Å². The molecule has 0 saturated carbocycles. The van der Waals surface area contributed by atoms with Gasteiger partial charge in [-0.05, 0) is 66.4 Å². The molecule has 6 nitrogen and oxygen atoms in total. The van der Waals surface area contributed by atoms with Gasteiger partial charge in [-0.25, -0.2) is 4.79 Å². The van der Waals surface area contributed by atoms with E-state index in [2.05, 4.69) is 0 Å². The summed E-state index contributed by atoms with van der Waals surface area (Å²) in [5.41, 5.74) is 4.11. The van der Waals surface area contributed by atoms with Gasteiger partial charge in [-0.1, -0.05) is 78.9 Å². The Balaban J connectivity index is 1.36. The molecule has 0 spiro atoms. The first-order valence-electron chi connectivity index (χ1n) is 14.3. The molecule has 0 aromatic heterocycles. The zero-order valence-electron chi connectivity index (χ0n) is 24.2. The zero-order chi connectivity index (χ0) is 29.4. The number of ether oxygens (including phenoxy) is 5. The van der Waals surface area contributed by atoms with E-state index in [0.717, 1.165) is 39.5 Å². The monoisotopic (exact) mass is 566 g/mol. The van der Waals surface area contributed by atoms with E-state index in [-0.39, 0.29) is 5.97 Å². The van der Waals surface area contributed by atoms with Gasteiger partial charge < -0.3 is 23.7 Å². The minimum Gasteiger partial charge on any atom is -0.490 e. The summed E-state index contributed by atoms with van der Waals surface area (Å²) in [6.07, 6.45) is 3.78. The van der Waals surface area contributed by atoms with E-state index in [9.17, 15) is 4.79 Å². The Bertz CT molecular complexity index is 1320. The van der Waals surface area contributed by atoms with Crippen LogP contribution in [0.5, 0.6) is 17.2 Å². The van der Waals surface area contributed by atoms with Crippen LogP contribution in [0.25, 0.3) is 6.08 Å². The van der Waals surface area contributed by atoms with Crippen LogP contribution in [0.3, 0.4) is 0 Å². The predicted molar refractivity (Wildman–Crippen MR) is 165 cm³/mol. The second-order valence-electron chi connectivity index (χ2n) is 9.54. The second kappa shape index (κ2) is 16.7. The van der Waals surface area contributed by atoms with Crippen LogP contribution in [0.2, 0.25) is 0 Å². The van der Waals surface area contributed by atoms with Crippen LogP contribution < -0.4 is 14.2 Å². The van der Waals surface area contributed by atoms with Crippen LogP contribution in [0.4, 0.5) is 0 Å². The Kier molecular flexibility index (Phi) is 12.1. The Morgan fingerprint density at radius 2 is 1.26 bits per heavy atom. The molecule has 4 aromatic rings. The smallest absolute Gasteiger partial charge is 0.335 e. The standard InChI is InChI=1S/C36H38O6/c1-3-38-35(36(37)39-4-2)24-28-17-19-32(20-18-28)40-21-11-16-31-22-33(41-26-29-12-7-5-8-13-29)25-34(23-31)42-27-30-14-9-6-10-15-30/h5-20,22-23,25,35H,3-4,21,24,26-27H2,1-2H3. The first-order valence-corrected chi connectivity index (χ1v) is 14.3. The minimum atomic E-state index is -0.612. The second-order valence-corrected chi connectivity index (χ2v) is 9.54. The number of benzene rings is 4. The van der Waals surface area contributed by atoms with Crippen LogP contribution in [0.15, 0.2) is 109 Å². The van der Waals surface area contributed by atoms with E-state index in [4.69, 9.17) is 23.7 Å². The summed E-state index contributed by atoms with van der Waals surface area (Å²) in [7, 11) is 0. The van der Waals surface area contributed by atoms with E-state index in [0.29, 0.717) is 39.5 Å². The largest absolute Gasteiger partial charge is 0.490 e. The average molecular weight is 567 g/mol. The van der Waals surface area contributed by atoms with Gasteiger partial charge in [0.05, 0.1) is 6.61 Å². The predicted octanol–water partition coefficient (Wildman–Crippen LogP) is 7.45. The third-order valence-corrected chi connectivity index (χ3v) is 6.32. The molecule has 0 amide bonds. The third kappa shape index (κ3) is 10.1. The fourth-order valence-electron chi connectivity index (χ4n) is 4.25. The number of rotatable bonds is 16. The highest BCUT2D eigenvalue weighted by Gasteiger charge is 2.20. The molecule has 0 aliphatic rings. The molecule has 4 rings (SSSR count). The van der Waals surface area contributed by atoms with Gasteiger partial charge in [0, 0.05) is 19.1 Å². The lowest BCUT2D eigenvalue weighted by Gasteiger charge is -2.15. The number of carbonyl (C=O) groups excluding carboxylic acids is 1. The molecule has 1 atom stereocenters. The Morgan fingerprint density at radius 3 is 1.81 bits per heavy atom. The molecule has 0 aliphatic carbocycles. The molecular formula is C36H38O6. The van der Waals surface area contributed by atoms with E-state index in [1.54, 1.807) is 6.92 Å². The van der Waals surface area contributed by atoms with E-state index < -0.39 is 6.10 Å². The zero-order valence-corrected chi connectivity index (χ0v) is 24.2. The maximum atomic E-state index is 12.1. The molecule has 0 bridgehead atoms. The quantitative estimate of drug-likeness (QED) is 0.131. The number of hydrogen-bond donors (Lipinski definition) is 0. The van der Waals surface area contributed by atoms with Crippen molar-refractivity contribution < 1.29 is 28.5 Å². The lowest BCUT2D eigenvalue weighted by Crippen LogP contribution is -2.28. The molecule has 6 heteroatoms. The Morgan fingerprint density at radius 1 is 0.667 bits per heavy atom. The van der Waals surface area contributed by atoms with Crippen molar-refractivity contribution in [3.63, 3.8) is 0 Å². The third-order valence-electron chi connectivity index (χ3n) is 6.32. The lowest BCUT2D eigenvalue weighted by molar-refractivity contribution is -0.156. The van der Waals surface area contributed by atoms with Crippen molar-refractivity contribution in [2.75, 3.05) is 19.8 Å². The van der Waals surface area contributed by atoms with Crippen LogP contribution in [-0.4, -0.2) is 31.9 Å². The fraction of sp³-hybridized carbons (Fsp3) is 0.250. The molecule has 0 saturated heterocycles. The van der Waals surface area contributed by atoms with Crippen molar-refractivity contribution in [1.82, 2.24) is 0 Å². The van der Waals surface area contributed by atoms with Crippen LogP contribution >= 0.6 is 0 Å². The summed E-state index contributed by atoms with van der Waals surface area (Å²) in [5, 5.41) is 0. The van der Waals surface area contributed by atoms with Gasteiger partial charge >= 0.3 is 5.97 Å². The molecule has 0 fully saturated rings. The summed E-state index contributed by atoms with van der Waals surface area (Å²) in [6, 6.07) is 33.7. The lowest BCUT2D eigenvalue weighted by atomic mass is 10.1. The van der Waals surface area contributed by atoms with Gasteiger partial charge in [-0.3, -0.25) is 0 Å². The van der Waals surface area contributed by atoms with Gasteiger partial charge in [0.1, 0.15) is 37.1 Å². The van der Waals surface area contributed by atoms with Gasteiger partial charge in [0.2, 0.25) is 0 Å². The van der Waals surface area contributed by atoms with Gasteiger partial charge in [0.15, 0.2) is 6.10 Å². The Hall–Kier alpha value is -4.55. The van der Waals surface area contributed by atoms with Crippen molar-refractivity contribution in [3.05, 3.63) is 131 Å². The van der Waals surface area contributed by atoms with Gasteiger partial charge in [0.25, 0.3) is 0 Å². The summed E-state index contributed by atoms with van der Waals surface area (Å²) in [5.74, 6) is 1.86. The van der Waals surface area contributed by atoms with Gasteiger partial charge in [-0.2, -0.15) is 0 Å². The molecule has 0 heterocycles. The number of carbonyl (C=O) groups is 1. The van der Waals surface area contributed by atoms with Crippen molar-refractivity contribution in [2.24, 2.45) is 0 Å². The van der Waals surface area contributed by atoms with Crippen LogP contribution in [0, 0.1) is 0 Å². The van der Waals surface area contributed by atoms with Crippen LogP contribution in [-0.2, 0) is 33.9 Å². The minimum absolute atomic E-state index is 0.329. The number of hydrogen-bond acceptors (Lipinski definition) is 6. The molecule has 1 unspecified atom stereocenters. The maximum absolute atomic E-state index is 12.1. The van der Waals surface area contributed by atoms with Crippen molar-refractivity contribution in [1.29, 1.82) is 0 Å². The first-order chi connectivity index (χ1) is 20.6. The molecule has 0 aliphatic heterocycles. The molecular weight excluding hydrogens is 528 g/mol. The highest BCUT2D eigenvalue weighted by molar-refractivity contribution is 5.75. The molecule has 0 radical (unpaired) electrons. The SMILES string of the molecule is CCOC(=O)C(Cc1ccc(OCC=Cc2cc(OCc3ccccc3)cc(OCc3ccccc3)c2)cc1)OCC. The van der Waals surface area contributed by atoms with Crippen molar-refractivity contribution >= 4 is 12.0 Å². The summed E-state index contributed by atoms with van der Waals surface area (Å²) in [6.45, 7) is 5.75. The summed E-state index contributed by atoms with van der Waals surface area (Å²) < 4.78 is 28.8. The first kappa shape index (κ1) is 30.4. The fourth-order valence-corrected chi connectivity index (χ4v) is 4.25. The molecule has 218 valence electrons. The van der Waals surface area contributed by atoms with Crippen molar-refractivity contribution in [2.45, 2.75) is 39.6 Å². The normalized spacial score (nSPS) is 11.7. The van der Waals surface area contributed by atoms with E-state index in [1.807, 2.05) is 122 Å². The topological polar surface area (TPSA) is 63.2 Å². The highest BCUT2D eigenvalue weighted by Crippen LogP contribution is 2.26. The van der Waals surface area contributed by atoms with E-state index >= 15 is 0 Å². The summed E-state index contributed by atoms with van der Waals surface area (Å²) >= 11 is 0. The number of esters is 1. The maximum Gasteiger partial charge on any atom is 0.335 e. The average Bonchev–Trinajstić information content (AvgIpc) is 3.03. The van der Waals surface area contributed by atoms with E-state index in [1.165, 1.54) is 0 Å². The molecule has 0 N–H and O–H groups in total. The highest BCUT2D eigenvalue weighted by atomic mass is 16.6. The van der Waals surface area contributed by atoms with Crippen molar-refractivity contribution in [3.8, 4) is 17.2 Å². The van der Waals surface area contributed by atoms with Gasteiger partial charge in [-0.15, -0.1) is 0 Å². The summed E-state index contributed by atoms with van der Waals surface area (Å²) in [4.78, 5) is 12.1. The molecule has 42 heavy (non-hydrogen) atoms. The Labute approximate surface area is 248 Å². The molecule has 4 aromatic carbocycles.